The quantitative estimate of drug-likeness (QED) is 0.590. The number of phenolic OH excluding ortho intramolecular Hbond substituents is 2. The Hall–Kier alpha value is -2.23. The molecule has 4 heteroatoms. The summed E-state index contributed by atoms with van der Waals surface area (Å²) in [5.74, 6) is 0.224. The van der Waals surface area contributed by atoms with Crippen LogP contribution in [0.25, 0.3) is 0 Å². The summed E-state index contributed by atoms with van der Waals surface area (Å²) in [5, 5.41) is 24.1. The number of aromatic hydroxyl groups is 2. The number of hydrogen-bond acceptors (Lipinski definition) is 3. The number of rotatable bonds is 7. The number of hydrogen-bond donors (Lipinski definition) is 3. The van der Waals surface area contributed by atoms with Crippen molar-refractivity contribution in [2.24, 2.45) is 0 Å². The maximum absolute atomic E-state index is 10.4. The SMILES string of the molecule is C=C(C)C(c1ccccc1O)C(NC)C(C(=C)C)c1ccccc1O.Cl. The molecule has 0 saturated heterocycles. The van der Waals surface area contributed by atoms with Gasteiger partial charge < -0.3 is 15.5 Å². The Morgan fingerprint density at radius 2 is 1.15 bits per heavy atom. The van der Waals surface area contributed by atoms with E-state index in [0.717, 1.165) is 22.3 Å². The molecule has 0 aromatic heterocycles. The lowest BCUT2D eigenvalue weighted by molar-refractivity contribution is 0.409. The van der Waals surface area contributed by atoms with Gasteiger partial charge in [-0.15, -0.1) is 12.4 Å². The fourth-order valence-corrected chi connectivity index (χ4v) is 3.56. The molecule has 0 aliphatic rings. The average molecular weight is 374 g/mol. The molecule has 3 N–H and O–H groups in total. The van der Waals surface area contributed by atoms with Gasteiger partial charge in [0.2, 0.25) is 0 Å². The van der Waals surface area contributed by atoms with Crippen molar-refractivity contribution in [2.45, 2.75) is 31.7 Å². The van der Waals surface area contributed by atoms with Gasteiger partial charge in [0, 0.05) is 29.0 Å². The van der Waals surface area contributed by atoms with Crippen molar-refractivity contribution in [3.63, 3.8) is 0 Å². The van der Waals surface area contributed by atoms with E-state index in [1.807, 2.05) is 57.3 Å². The summed E-state index contributed by atoms with van der Waals surface area (Å²) in [7, 11) is 1.89. The summed E-state index contributed by atoms with van der Waals surface area (Å²) in [4.78, 5) is 0. The van der Waals surface area contributed by atoms with Gasteiger partial charge in [-0.1, -0.05) is 60.7 Å². The van der Waals surface area contributed by atoms with Gasteiger partial charge in [-0.05, 0) is 33.0 Å². The topological polar surface area (TPSA) is 52.5 Å². The molecule has 0 bridgehead atoms. The highest BCUT2D eigenvalue weighted by atomic mass is 35.5. The Bertz CT molecular complexity index is 709. The summed E-state index contributed by atoms with van der Waals surface area (Å²) in [6, 6.07) is 14.5. The molecule has 2 aromatic carbocycles. The molecule has 140 valence electrons. The third-order valence-electron chi connectivity index (χ3n) is 4.66. The lowest BCUT2D eigenvalue weighted by Crippen LogP contribution is -2.39. The smallest absolute Gasteiger partial charge is 0.119 e. The molecule has 0 heterocycles. The van der Waals surface area contributed by atoms with Crippen LogP contribution in [0.4, 0.5) is 0 Å². The van der Waals surface area contributed by atoms with Gasteiger partial charge >= 0.3 is 0 Å². The largest absolute Gasteiger partial charge is 0.508 e. The zero-order chi connectivity index (χ0) is 18.6. The normalized spacial score (nSPS) is 14.0. The fourth-order valence-electron chi connectivity index (χ4n) is 3.56. The molecule has 2 atom stereocenters. The molecule has 0 amide bonds. The molecule has 0 radical (unpaired) electrons. The minimum absolute atomic E-state index is 0. The van der Waals surface area contributed by atoms with Gasteiger partial charge in [0.05, 0.1) is 0 Å². The van der Waals surface area contributed by atoms with Crippen LogP contribution in [0.5, 0.6) is 11.5 Å². The van der Waals surface area contributed by atoms with Gasteiger partial charge in [-0.3, -0.25) is 0 Å². The molecular formula is C22H28ClNO2. The summed E-state index contributed by atoms with van der Waals surface area (Å²) in [6.45, 7) is 12.2. The Kier molecular flexibility index (Phi) is 7.94. The second kappa shape index (κ2) is 9.46. The molecule has 2 aromatic rings. The number of nitrogens with one attached hydrogen (secondary N) is 1. The Labute approximate surface area is 162 Å². The molecule has 2 unspecified atom stereocenters. The third-order valence-corrected chi connectivity index (χ3v) is 4.66. The summed E-state index contributed by atoms with van der Waals surface area (Å²) in [5.41, 5.74) is 3.50. The number of para-hydroxylation sites is 2. The zero-order valence-electron chi connectivity index (χ0n) is 15.6. The van der Waals surface area contributed by atoms with E-state index in [9.17, 15) is 10.2 Å². The van der Waals surface area contributed by atoms with E-state index in [-0.39, 0.29) is 41.8 Å². The number of phenols is 2. The Balaban J connectivity index is 0.00000338. The van der Waals surface area contributed by atoms with Gasteiger partial charge in [-0.25, -0.2) is 0 Å². The van der Waals surface area contributed by atoms with Gasteiger partial charge in [0.1, 0.15) is 11.5 Å². The minimum atomic E-state index is -0.132. The monoisotopic (exact) mass is 373 g/mol. The van der Waals surface area contributed by atoms with E-state index < -0.39 is 0 Å². The molecule has 0 fully saturated rings. The van der Waals surface area contributed by atoms with Crippen LogP contribution in [-0.4, -0.2) is 23.3 Å². The van der Waals surface area contributed by atoms with Crippen molar-refractivity contribution in [3.05, 3.63) is 84.0 Å². The second-order valence-corrected chi connectivity index (χ2v) is 6.58. The van der Waals surface area contributed by atoms with Crippen LogP contribution >= 0.6 is 12.4 Å². The standard InChI is InChI=1S/C22H27NO2.ClH/c1-14(2)20(16-10-6-8-12-18(16)24)22(23-5)21(15(3)4)17-11-7-9-13-19(17)25;/h6-13,20-25H,1,3H2,2,4-5H3;1H. The lowest BCUT2D eigenvalue weighted by atomic mass is 9.74. The van der Waals surface area contributed by atoms with Crippen LogP contribution in [0, 0.1) is 0 Å². The first-order chi connectivity index (χ1) is 11.9. The summed E-state index contributed by atoms with van der Waals surface area (Å²) in [6.07, 6.45) is 0. The Morgan fingerprint density at radius 1 is 0.808 bits per heavy atom. The highest BCUT2D eigenvalue weighted by molar-refractivity contribution is 5.85. The van der Waals surface area contributed by atoms with Crippen LogP contribution < -0.4 is 5.32 Å². The van der Waals surface area contributed by atoms with E-state index in [1.54, 1.807) is 12.1 Å². The summed E-state index contributed by atoms with van der Waals surface area (Å²) < 4.78 is 0. The Morgan fingerprint density at radius 3 is 1.42 bits per heavy atom. The number of likely N-dealkylation sites (N-methyl/N-ethyl adjacent to an activating group) is 1. The van der Waals surface area contributed by atoms with Crippen molar-refractivity contribution in [2.75, 3.05) is 7.05 Å². The van der Waals surface area contributed by atoms with Crippen molar-refractivity contribution < 1.29 is 10.2 Å². The highest BCUT2D eigenvalue weighted by Crippen LogP contribution is 2.42. The molecule has 0 saturated carbocycles. The van der Waals surface area contributed by atoms with E-state index in [4.69, 9.17) is 0 Å². The third kappa shape index (κ3) is 4.48. The van der Waals surface area contributed by atoms with Gasteiger partial charge in [0.25, 0.3) is 0 Å². The van der Waals surface area contributed by atoms with Crippen LogP contribution in [-0.2, 0) is 0 Å². The summed E-state index contributed by atoms with van der Waals surface area (Å²) >= 11 is 0. The van der Waals surface area contributed by atoms with Crippen LogP contribution in [0.15, 0.2) is 72.8 Å². The van der Waals surface area contributed by atoms with Crippen LogP contribution in [0.2, 0.25) is 0 Å². The first-order valence-corrected chi connectivity index (χ1v) is 8.42. The van der Waals surface area contributed by atoms with E-state index in [2.05, 4.69) is 18.5 Å². The predicted molar refractivity (Wildman–Crippen MR) is 111 cm³/mol. The van der Waals surface area contributed by atoms with Crippen molar-refractivity contribution in [1.82, 2.24) is 5.32 Å². The van der Waals surface area contributed by atoms with Crippen molar-refractivity contribution in [1.29, 1.82) is 0 Å². The van der Waals surface area contributed by atoms with Crippen molar-refractivity contribution >= 4 is 12.4 Å². The first kappa shape index (κ1) is 21.8. The predicted octanol–water partition coefficient (Wildman–Crippen LogP) is 5.13. The molecule has 26 heavy (non-hydrogen) atoms. The average Bonchev–Trinajstić information content (AvgIpc) is 2.56. The highest BCUT2D eigenvalue weighted by Gasteiger charge is 2.34. The van der Waals surface area contributed by atoms with E-state index >= 15 is 0 Å². The molecular weight excluding hydrogens is 346 g/mol. The minimum Gasteiger partial charge on any atom is -0.508 e. The molecule has 0 spiro atoms. The lowest BCUT2D eigenvalue weighted by Gasteiger charge is -2.35. The molecule has 2 rings (SSSR count). The fraction of sp³-hybridized carbons (Fsp3) is 0.273. The zero-order valence-corrected chi connectivity index (χ0v) is 16.4. The second-order valence-electron chi connectivity index (χ2n) is 6.58. The number of benzene rings is 2. The van der Waals surface area contributed by atoms with Crippen molar-refractivity contribution in [3.8, 4) is 11.5 Å². The molecule has 0 aliphatic carbocycles. The van der Waals surface area contributed by atoms with Crippen LogP contribution in [0.3, 0.4) is 0 Å². The van der Waals surface area contributed by atoms with Gasteiger partial charge in [-0.2, -0.15) is 0 Å². The first-order valence-electron chi connectivity index (χ1n) is 8.42. The maximum atomic E-state index is 10.4. The van der Waals surface area contributed by atoms with E-state index in [1.165, 1.54) is 0 Å². The number of halogens is 1. The molecule has 3 nitrogen and oxygen atoms in total. The van der Waals surface area contributed by atoms with Crippen LogP contribution in [0.1, 0.15) is 36.8 Å². The maximum Gasteiger partial charge on any atom is 0.119 e. The van der Waals surface area contributed by atoms with E-state index in [0.29, 0.717) is 0 Å². The van der Waals surface area contributed by atoms with Gasteiger partial charge in [0.15, 0.2) is 0 Å². The molecule has 0 aliphatic heterocycles.